The smallest absolute Gasteiger partial charge is 0.417 e. The number of hydrogen-bond donors (Lipinski definition) is 1. The zero-order valence-corrected chi connectivity index (χ0v) is 19.8. The Balaban J connectivity index is 2.11. The number of halogens is 4. The predicted octanol–water partition coefficient (Wildman–Crippen LogP) is 3.99. The fraction of sp³-hybridized carbons (Fsp3) is 0.304. The van der Waals surface area contributed by atoms with E-state index < -0.39 is 40.0 Å². The van der Waals surface area contributed by atoms with Crippen LogP contribution >= 0.6 is 11.6 Å². The van der Waals surface area contributed by atoms with Gasteiger partial charge in [-0.05, 0) is 30.7 Å². The molecule has 2 aromatic carbocycles. The maximum atomic E-state index is 13.3. The molecule has 1 N–H and O–H groups in total. The van der Waals surface area contributed by atoms with Crippen molar-refractivity contribution in [2.24, 2.45) is 5.92 Å². The SMILES string of the molecule is COC(=O)[C@@H](C)Cn1c(=O)nc(Nc2ccc(Cl)c(C(F)(F)F)c2)n(Cc2ccc(C)cc2)c1=O. The summed E-state index contributed by atoms with van der Waals surface area (Å²) >= 11 is 5.68. The summed E-state index contributed by atoms with van der Waals surface area (Å²) in [7, 11) is 1.18. The van der Waals surface area contributed by atoms with Gasteiger partial charge in [0.2, 0.25) is 5.95 Å². The second-order valence-corrected chi connectivity index (χ2v) is 8.33. The van der Waals surface area contributed by atoms with Crippen LogP contribution in [-0.2, 0) is 28.8 Å². The van der Waals surface area contributed by atoms with Gasteiger partial charge >= 0.3 is 23.5 Å². The lowest BCUT2D eigenvalue weighted by atomic mass is 10.1. The van der Waals surface area contributed by atoms with Crippen LogP contribution in [0.2, 0.25) is 5.02 Å². The Morgan fingerprint density at radius 2 is 1.80 bits per heavy atom. The maximum absolute atomic E-state index is 13.3. The Morgan fingerprint density at radius 1 is 1.14 bits per heavy atom. The number of anilines is 2. The van der Waals surface area contributed by atoms with Crippen LogP contribution in [0.3, 0.4) is 0 Å². The quantitative estimate of drug-likeness (QED) is 0.483. The molecule has 0 spiro atoms. The second kappa shape index (κ2) is 10.3. The van der Waals surface area contributed by atoms with Crippen LogP contribution in [0.4, 0.5) is 24.8 Å². The average molecular weight is 511 g/mol. The van der Waals surface area contributed by atoms with Gasteiger partial charge in [0.15, 0.2) is 0 Å². The molecule has 186 valence electrons. The van der Waals surface area contributed by atoms with Crippen LogP contribution in [0.1, 0.15) is 23.6 Å². The molecule has 12 heteroatoms. The van der Waals surface area contributed by atoms with Crippen LogP contribution in [0.5, 0.6) is 0 Å². The molecule has 0 fully saturated rings. The largest absolute Gasteiger partial charge is 0.469 e. The number of carbonyl (C=O) groups excluding carboxylic acids is 1. The van der Waals surface area contributed by atoms with Crippen LogP contribution < -0.4 is 16.7 Å². The van der Waals surface area contributed by atoms with Crippen molar-refractivity contribution in [3.8, 4) is 0 Å². The number of nitrogens with zero attached hydrogens (tertiary/aromatic N) is 3. The molecule has 1 aromatic heterocycles. The number of esters is 1. The summed E-state index contributed by atoms with van der Waals surface area (Å²) in [6.07, 6.45) is -4.71. The van der Waals surface area contributed by atoms with E-state index in [1.54, 1.807) is 12.1 Å². The van der Waals surface area contributed by atoms with E-state index >= 15 is 0 Å². The van der Waals surface area contributed by atoms with Gasteiger partial charge in [0, 0.05) is 12.2 Å². The number of aromatic nitrogens is 3. The van der Waals surface area contributed by atoms with E-state index in [2.05, 4.69) is 15.0 Å². The van der Waals surface area contributed by atoms with E-state index in [-0.39, 0.29) is 24.7 Å². The van der Waals surface area contributed by atoms with Gasteiger partial charge in [-0.1, -0.05) is 48.4 Å². The molecule has 0 unspecified atom stereocenters. The molecule has 1 atom stereocenters. The van der Waals surface area contributed by atoms with Crippen molar-refractivity contribution in [2.75, 3.05) is 12.4 Å². The first kappa shape index (κ1) is 26.0. The molecule has 1 heterocycles. The Morgan fingerprint density at radius 3 is 2.40 bits per heavy atom. The maximum Gasteiger partial charge on any atom is 0.417 e. The normalized spacial score (nSPS) is 12.3. The Kier molecular flexibility index (Phi) is 7.69. The summed E-state index contributed by atoms with van der Waals surface area (Å²) < 4.78 is 46.4. The first-order valence-corrected chi connectivity index (χ1v) is 10.8. The van der Waals surface area contributed by atoms with Crippen molar-refractivity contribution in [2.45, 2.75) is 33.1 Å². The highest BCUT2D eigenvalue weighted by Gasteiger charge is 2.33. The van der Waals surface area contributed by atoms with Gasteiger partial charge in [0.1, 0.15) is 0 Å². The topological polar surface area (TPSA) is 95.2 Å². The molecule has 35 heavy (non-hydrogen) atoms. The number of benzene rings is 2. The van der Waals surface area contributed by atoms with Crippen molar-refractivity contribution in [3.63, 3.8) is 0 Å². The summed E-state index contributed by atoms with van der Waals surface area (Å²) in [6, 6.07) is 10.3. The van der Waals surface area contributed by atoms with Gasteiger partial charge in [0.05, 0.1) is 30.2 Å². The van der Waals surface area contributed by atoms with Gasteiger partial charge < -0.3 is 10.1 Å². The Hall–Kier alpha value is -3.60. The van der Waals surface area contributed by atoms with Crippen molar-refractivity contribution >= 4 is 29.2 Å². The average Bonchev–Trinajstić information content (AvgIpc) is 2.80. The van der Waals surface area contributed by atoms with Crippen LogP contribution in [0.25, 0.3) is 0 Å². The minimum absolute atomic E-state index is 0.0406. The van der Waals surface area contributed by atoms with E-state index in [4.69, 9.17) is 11.6 Å². The summed E-state index contributed by atoms with van der Waals surface area (Å²) in [5.74, 6) is -1.70. The van der Waals surface area contributed by atoms with E-state index in [0.29, 0.717) is 5.56 Å². The molecule has 0 bridgehead atoms. The standard InChI is InChI=1S/C23H22ClF3N4O4/c1-13-4-6-15(7-5-13)12-30-20(28-16-8-9-18(24)17(10-16)23(25,26)27)29-21(33)31(22(30)34)11-14(2)19(32)35-3/h4-10,14H,11-12H2,1-3H3,(H,28,29,33)/t14-/m0/s1. The highest BCUT2D eigenvalue weighted by atomic mass is 35.5. The van der Waals surface area contributed by atoms with E-state index in [1.807, 2.05) is 19.1 Å². The van der Waals surface area contributed by atoms with Crippen molar-refractivity contribution in [3.05, 3.63) is 85.1 Å². The van der Waals surface area contributed by atoms with Crippen molar-refractivity contribution < 1.29 is 22.7 Å². The molecule has 0 saturated heterocycles. The van der Waals surface area contributed by atoms with Crippen molar-refractivity contribution in [1.82, 2.24) is 14.1 Å². The third kappa shape index (κ3) is 6.10. The van der Waals surface area contributed by atoms with Gasteiger partial charge in [-0.15, -0.1) is 0 Å². The molecule has 0 radical (unpaired) electrons. The number of alkyl halides is 3. The summed E-state index contributed by atoms with van der Waals surface area (Å²) in [6.45, 7) is 3.05. The molecule has 0 aliphatic rings. The number of aryl methyl sites for hydroxylation is 1. The number of carbonyl (C=O) groups is 1. The lowest BCUT2D eigenvalue weighted by Crippen LogP contribution is -2.44. The predicted molar refractivity (Wildman–Crippen MR) is 124 cm³/mol. The lowest BCUT2D eigenvalue weighted by Gasteiger charge is -2.18. The van der Waals surface area contributed by atoms with E-state index in [9.17, 15) is 27.6 Å². The number of nitrogens with one attached hydrogen (secondary N) is 1. The van der Waals surface area contributed by atoms with Crippen molar-refractivity contribution in [1.29, 1.82) is 0 Å². The van der Waals surface area contributed by atoms with Crippen LogP contribution in [0.15, 0.2) is 52.1 Å². The van der Waals surface area contributed by atoms with Crippen LogP contribution in [0, 0.1) is 12.8 Å². The number of hydrogen-bond acceptors (Lipinski definition) is 6. The zero-order valence-electron chi connectivity index (χ0n) is 19.0. The van der Waals surface area contributed by atoms with Crippen LogP contribution in [-0.4, -0.2) is 27.2 Å². The molecular formula is C23H22ClF3N4O4. The Bertz CT molecular complexity index is 1350. The summed E-state index contributed by atoms with van der Waals surface area (Å²) in [5, 5.41) is 2.13. The molecule has 3 rings (SSSR count). The van der Waals surface area contributed by atoms with Gasteiger partial charge in [0.25, 0.3) is 0 Å². The lowest BCUT2D eigenvalue weighted by molar-refractivity contribution is -0.145. The molecule has 8 nitrogen and oxygen atoms in total. The molecule has 0 aliphatic carbocycles. The summed E-state index contributed by atoms with van der Waals surface area (Å²) in [4.78, 5) is 41.7. The molecule has 0 saturated carbocycles. The number of ether oxygens (including phenoxy) is 1. The summed E-state index contributed by atoms with van der Waals surface area (Å²) in [5.41, 5.74) is -1.27. The third-order valence-corrected chi connectivity index (χ3v) is 5.53. The molecular weight excluding hydrogens is 489 g/mol. The molecule has 3 aromatic rings. The van der Waals surface area contributed by atoms with Gasteiger partial charge in [-0.3, -0.25) is 9.36 Å². The minimum Gasteiger partial charge on any atom is -0.469 e. The first-order valence-electron chi connectivity index (χ1n) is 10.4. The second-order valence-electron chi connectivity index (χ2n) is 7.92. The minimum atomic E-state index is -4.71. The van der Waals surface area contributed by atoms with E-state index in [0.717, 1.165) is 26.8 Å². The van der Waals surface area contributed by atoms with Gasteiger partial charge in [-0.25, -0.2) is 14.2 Å². The fourth-order valence-electron chi connectivity index (χ4n) is 3.30. The van der Waals surface area contributed by atoms with E-state index in [1.165, 1.54) is 20.1 Å². The Labute approximate surface area is 202 Å². The monoisotopic (exact) mass is 510 g/mol. The molecule has 0 aliphatic heterocycles. The number of rotatable bonds is 7. The third-order valence-electron chi connectivity index (χ3n) is 5.20. The zero-order chi connectivity index (χ0) is 25.9. The van der Waals surface area contributed by atoms with Gasteiger partial charge in [-0.2, -0.15) is 18.2 Å². The first-order chi connectivity index (χ1) is 16.4. The fourth-order valence-corrected chi connectivity index (χ4v) is 3.52. The highest BCUT2D eigenvalue weighted by Crippen LogP contribution is 2.36. The highest BCUT2D eigenvalue weighted by molar-refractivity contribution is 6.31. The molecule has 0 amide bonds. The number of methoxy groups -OCH3 is 1.